The maximum absolute atomic E-state index is 12.5. The van der Waals surface area contributed by atoms with E-state index in [1.54, 1.807) is 10.9 Å². The Bertz CT molecular complexity index is 675. The Morgan fingerprint density at radius 2 is 2.27 bits per heavy atom. The molecule has 3 rings (SSSR count). The van der Waals surface area contributed by atoms with Crippen molar-refractivity contribution in [1.29, 1.82) is 0 Å². The Morgan fingerprint density at radius 1 is 1.45 bits per heavy atom. The highest BCUT2D eigenvalue weighted by Crippen LogP contribution is 2.20. The molecule has 7 heteroatoms. The molecule has 22 heavy (non-hydrogen) atoms. The molecule has 0 bridgehead atoms. The summed E-state index contributed by atoms with van der Waals surface area (Å²) in [4.78, 5) is 21.8. The number of nitrogens with one attached hydrogen (secondary N) is 1. The van der Waals surface area contributed by atoms with Crippen molar-refractivity contribution in [3.63, 3.8) is 0 Å². The predicted molar refractivity (Wildman–Crippen MR) is 80.3 cm³/mol. The van der Waals surface area contributed by atoms with Crippen molar-refractivity contribution in [2.75, 3.05) is 19.7 Å². The molecule has 0 aliphatic carbocycles. The third-order valence-electron chi connectivity index (χ3n) is 3.84. The van der Waals surface area contributed by atoms with Gasteiger partial charge in [0.15, 0.2) is 0 Å². The molecule has 118 valence electrons. The van der Waals surface area contributed by atoms with Gasteiger partial charge in [-0.3, -0.25) is 9.48 Å². The number of aromatic nitrogens is 4. The Labute approximate surface area is 129 Å². The zero-order chi connectivity index (χ0) is 15.7. The van der Waals surface area contributed by atoms with E-state index in [4.69, 9.17) is 4.74 Å². The van der Waals surface area contributed by atoms with Crippen molar-refractivity contribution in [1.82, 2.24) is 24.6 Å². The summed E-state index contributed by atoms with van der Waals surface area (Å²) >= 11 is 0. The summed E-state index contributed by atoms with van der Waals surface area (Å²) < 4.78 is 7.47. The highest BCUT2D eigenvalue weighted by molar-refractivity contribution is 5.76. The standard InChI is InChI=1S/C15H21N5O2/c1-10-6-12(3)20(18-10)9-14(21)19-4-5-22-13(8-19)15-16-7-11(2)17-15/h6-7,13H,4-5,8-9H2,1-3H3,(H,16,17)/t13-/m1/s1. The van der Waals surface area contributed by atoms with Crippen LogP contribution in [0.2, 0.25) is 0 Å². The first kappa shape index (κ1) is 14.8. The fourth-order valence-corrected chi connectivity index (χ4v) is 2.70. The molecule has 2 aromatic heterocycles. The molecule has 2 aromatic rings. The molecule has 1 saturated heterocycles. The largest absolute Gasteiger partial charge is 0.367 e. The molecule has 1 atom stereocenters. The van der Waals surface area contributed by atoms with Crippen LogP contribution in [0.1, 0.15) is 29.0 Å². The third-order valence-corrected chi connectivity index (χ3v) is 3.84. The van der Waals surface area contributed by atoms with Gasteiger partial charge in [-0.05, 0) is 26.8 Å². The number of morpholine rings is 1. The first-order valence-electron chi connectivity index (χ1n) is 7.45. The van der Waals surface area contributed by atoms with E-state index in [-0.39, 0.29) is 18.6 Å². The molecular weight excluding hydrogens is 282 g/mol. The van der Waals surface area contributed by atoms with Crippen LogP contribution in [0.5, 0.6) is 0 Å². The number of carbonyl (C=O) groups is 1. The number of hydrogen-bond acceptors (Lipinski definition) is 4. The molecule has 0 saturated carbocycles. The number of aryl methyl sites for hydroxylation is 3. The van der Waals surface area contributed by atoms with Crippen LogP contribution in [0, 0.1) is 20.8 Å². The van der Waals surface area contributed by atoms with E-state index in [1.807, 2.05) is 31.7 Å². The van der Waals surface area contributed by atoms with Crippen LogP contribution in [-0.4, -0.2) is 50.3 Å². The number of amides is 1. The number of H-pyrrole nitrogens is 1. The van der Waals surface area contributed by atoms with Crippen LogP contribution < -0.4 is 0 Å². The minimum Gasteiger partial charge on any atom is -0.367 e. The van der Waals surface area contributed by atoms with Crippen molar-refractivity contribution in [2.45, 2.75) is 33.4 Å². The van der Waals surface area contributed by atoms with Gasteiger partial charge in [-0.2, -0.15) is 5.10 Å². The van der Waals surface area contributed by atoms with Crippen LogP contribution >= 0.6 is 0 Å². The van der Waals surface area contributed by atoms with Gasteiger partial charge in [-0.15, -0.1) is 0 Å². The third kappa shape index (κ3) is 3.04. The van der Waals surface area contributed by atoms with Gasteiger partial charge < -0.3 is 14.6 Å². The lowest BCUT2D eigenvalue weighted by molar-refractivity contribution is -0.140. The van der Waals surface area contributed by atoms with E-state index in [0.29, 0.717) is 19.7 Å². The van der Waals surface area contributed by atoms with Gasteiger partial charge in [0.25, 0.3) is 0 Å². The quantitative estimate of drug-likeness (QED) is 0.922. The highest BCUT2D eigenvalue weighted by Gasteiger charge is 2.27. The molecular formula is C15H21N5O2. The van der Waals surface area contributed by atoms with Gasteiger partial charge >= 0.3 is 0 Å². The Balaban J connectivity index is 1.66. The van der Waals surface area contributed by atoms with E-state index in [9.17, 15) is 4.79 Å². The zero-order valence-electron chi connectivity index (χ0n) is 13.2. The Morgan fingerprint density at radius 3 is 2.91 bits per heavy atom. The van der Waals surface area contributed by atoms with Gasteiger partial charge in [0.05, 0.1) is 18.8 Å². The number of nitrogens with zero attached hydrogens (tertiary/aromatic N) is 4. The number of imidazole rings is 1. The van der Waals surface area contributed by atoms with Crippen LogP contribution in [0.15, 0.2) is 12.3 Å². The van der Waals surface area contributed by atoms with Gasteiger partial charge in [0.1, 0.15) is 18.5 Å². The fourth-order valence-electron chi connectivity index (χ4n) is 2.70. The molecule has 0 unspecified atom stereocenters. The molecule has 0 radical (unpaired) electrons. The van der Waals surface area contributed by atoms with Gasteiger partial charge in [-0.1, -0.05) is 0 Å². The Kier molecular flexibility index (Phi) is 3.98. The summed E-state index contributed by atoms with van der Waals surface area (Å²) in [5, 5.41) is 4.34. The molecule has 1 amide bonds. The van der Waals surface area contributed by atoms with Crippen LogP contribution in [0.4, 0.5) is 0 Å². The van der Waals surface area contributed by atoms with E-state index >= 15 is 0 Å². The van der Waals surface area contributed by atoms with Crippen LogP contribution in [0.25, 0.3) is 0 Å². The monoisotopic (exact) mass is 303 g/mol. The molecule has 7 nitrogen and oxygen atoms in total. The highest BCUT2D eigenvalue weighted by atomic mass is 16.5. The second kappa shape index (κ2) is 5.92. The number of ether oxygens (including phenoxy) is 1. The van der Waals surface area contributed by atoms with Crippen molar-refractivity contribution in [3.05, 3.63) is 35.2 Å². The van der Waals surface area contributed by atoms with Gasteiger partial charge in [0, 0.05) is 24.1 Å². The number of aromatic amines is 1. The van der Waals surface area contributed by atoms with Crippen molar-refractivity contribution >= 4 is 5.91 Å². The SMILES string of the molecule is Cc1cc(C)n(CC(=O)N2CCO[C@@H](c3ncc(C)[nH]3)C2)n1. The first-order chi connectivity index (χ1) is 10.5. The number of carbonyl (C=O) groups excluding carboxylic acids is 1. The minimum atomic E-state index is -0.188. The maximum atomic E-state index is 12.5. The lowest BCUT2D eigenvalue weighted by Gasteiger charge is -2.32. The lowest BCUT2D eigenvalue weighted by atomic mass is 10.2. The predicted octanol–water partition coefficient (Wildman–Crippen LogP) is 1.13. The molecule has 0 spiro atoms. The average Bonchev–Trinajstić information content (AvgIpc) is 3.05. The summed E-state index contributed by atoms with van der Waals surface area (Å²) in [5.74, 6) is 0.837. The summed E-state index contributed by atoms with van der Waals surface area (Å²) in [5.41, 5.74) is 2.92. The van der Waals surface area contributed by atoms with E-state index in [0.717, 1.165) is 22.9 Å². The summed E-state index contributed by atoms with van der Waals surface area (Å²) in [7, 11) is 0. The number of hydrogen-bond donors (Lipinski definition) is 1. The average molecular weight is 303 g/mol. The summed E-state index contributed by atoms with van der Waals surface area (Å²) in [6, 6.07) is 1.97. The first-order valence-corrected chi connectivity index (χ1v) is 7.45. The van der Waals surface area contributed by atoms with Crippen molar-refractivity contribution in [2.24, 2.45) is 0 Å². The maximum Gasteiger partial charge on any atom is 0.244 e. The van der Waals surface area contributed by atoms with Crippen LogP contribution in [0.3, 0.4) is 0 Å². The van der Waals surface area contributed by atoms with Crippen molar-refractivity contribution in [3.8, 4) is 0 Å². The van der Waals surface area contributed by atoms with Crippen LogP contribution in [-0.2, 0) is 16.1 Å². The van der Waals surface area contributed by atoms with E-state index < -0.39 is 0 Å². The molecule has 1 fully saturated rings. The fraction of sp³-hybridized carbons (Fsp3) is 0.533. The molecule has 1 N–H and O–H groups in total. The smallest absolute Gasteiger partial charge is 0.244 e. The van der Waals surface area contributed by atoms with E-state index in [1.165, 1.54) is 0 Å². The number of rotatable bonds is 3. The van der Waals surface area contributed by atoms with Gasteiger partial charge in [-0.25, -0.2) is 4.98 Å². The van der Waals surface area contributed by atoms with E-state index in [2.05, 4.69) is 15.1 Å². The normalized spacial score (nSPS) is 18.7. The molecule has 3 heterocycles. The van der Waals surface area contributed by atoms with Gasteiger partial charge in [0.2, 0.25) is 5.91 Å². The molecule has 0 aromatic carbocycles. The second-order valence-corrected chi connectivity index (χ2v) is 5.74. The summed E-state index contributed by atoms with van der Waals surface area (Å²) in [6.45, 7) is 7.75. The summed E-state index contributed by atoms with van der Waals surface area (Å²) in [6.07, 6.45) is 1.59. The lowest BCUT2D eigenvalue weighted by Crippen LogP contribution is -2.44. The Hall–Kier alpha value is -2.15. The molecule has 1 aliphatic rings. The topological polar surface area (TPSA) is 76.0 Å². The van der Waals surface area contributed by atoms with Crippen molar-refractivity contribution < 1.29 is 9.53 Å². The molecule has 1 aliphatic heterocycles. The second-order valence-electron chi connectivity index (χ2n) is 5.74. The minimum absolute atomic E-state index is 0.0581. The zero-order valence-corrected chi connectivity index (χ0v) is 13.2.